The predicted octanol–water partition coefficient (Wildman–Crippen LogP) is 3.29. The van der Waals surface area contributed by atoms with Crippen molar-refractivity contribution in [2.24, 2.45) is 11.1 Å². The number of hydrogen-bond acceptors (Lipinski definition) is 3. The van der Waals surface area contributed by atoms with Crippen molar-refractivity contribution in [1.29, 1.82) is 0 Å². The van der Waals surface area contributed by atoms with Gasteiger partial charge >= 0.3 is 0 Å². The van der Waals surface area contributed by atoms with Crippen LogP contribution in [-0.2, 0) is 4.74 Å². The summed E-state index contributed by atoms with van der Waals surface area (Å²) in [6, 6.07) is 7.96. The first kappa shape index (κ1) is 14.4. The number of benzene rings is 1. The fourth-order valence-electron chi connectivity index (χ4n) is 2.36. The molecule has 2 atom stereocenters. The Morgan fingerprint density at radius 1 is 1.16 bits per heavy atom. The first-order valence-electron chi connectivity index (χ1n) is 6.97. The van der Waals surface area contributed by atoms with Crippen LogP contribution in [0, 0.1) is 5.41 Å². The van der Waals surface area contributed by atoms with E-state index in [0.717, 1.165) is 11.3 Å². The van der Waals surface area contributed by atoms with E-state index in [1.807, 2.05) is 24.3 Å². The van der Waals surface area contributed by atoms with Crippen LogP contribution in [0.5, 0.6) is 5.75 Å². The average molecular weight is 263 g/mol. The normalized spacial score (nSPS) is 19.0. The molecule has 19 heavy (non-hydrogen) atoms. The van der Waals surface area contributed by atoms with Gasteiger partial charge in [-0.3, -0.25) is 0 Å². The summed E-state index contributed by atoms with van der Waals surface area (Å²) in [4.78, 5) is 0. The fourth-order valence-corrected chi connectivity index (χ4v) is 2.36. The Bertz CT molecular complexity index is 404. The highest BCUT2D eigenvalue weighted by molar-refractivity contribution is 5.30. The molecule has 0 spiro atoms. The Morgan fingerprint density at radius 3 is 2.16 bits per heavy atom. The van der Waals surface area contributed by atoms with Crippen molar-refractivity contribution in [1.82, 2.24) is 0 Å². The third-order valence-electron chi connectivity index (χ3n) is 3.53. The van der Waals surface area contributed by atoms with Crippen LogP contribution in [0.3, 0.4) is 0 Å². The Morgan fingerprint density at radius 2 is 1.74 bits per heavy atom. The standard InChI is InChI=1S/C16H25NO2/c1-16(2,3)15(18-4)14(17)11-5-7-12(8-6-11)19-13-9-10-13/h5-8,13-15H,9-10,17H2,1-4H3. The van der Waals surface area contributed by atoms with Gasteiger partial charge in [0.25, 0.3) is 0 Å². The third-order valence-corrected chi connectivity index (χ3v) is 3.53. The molecule has 0 aliphatic heterocycles. The highest BCUT2D eigenvalue weighted by atomic mass is 16.5. The molecule has 1 aromatic rings. The molecule has 0 radical (unpaired) electrons. The topological polar surface area (TPSA) is 44.5 Å². The van der Waals surface area contributed by atoms with Gasteiger partial charge in [-0.1, -0.05) is 32.9 Å². The van der Waals surface area contributed by atoms with Gasteiger partial charge < -0.3 is 15.2 Å². The Balaban J connectivity index is 2.07. The SMILES string of the molecule is COC(C(N)c1ccc(OC2CC2)cc1)C(C)(C)C. The van der Waals surface area contributed by atoms with E-state index in [1.54, 1.807) is 7.11 Å². The zero-order chi connectivity index (χ0) is 14.0. The van der Waals surface area contributed by atoms with E-state index in [4.69, 9.17) is 15.2 Å². The van der Waals surface area contributed by atoms with Gasteiger partial charge in [0.15, 0.2) is 0 Å². The molecule has 3 heteroatoms. The van der Waals surface area contributed by atoms with E-state index in [0.29, 0.717) is 6.10 Å². The maximum Gasteiger partial charge on any atom is 0.119 e. The Hall–Kier alpha value is -1.06. The molecule has 2 rings (SSSR count). The van der Waals surface area contributed by atoms with E-state index in [2.05, 4.69) is 20.8 Å². The summed E-state index contributed by atoms with van der Waals surface area (Å²) in [5.74, 6) is 0.933. The lowest BCUT2D eigenvalue weighted by molar-refractivity contribution is -0.00244. The third kappa shape index (κ3) is 3.71. The number of rotatable bonds is 5. The van der Waals surface area contributed by atoms with Crippen molar-refractivity contribution < 1.29 is 9.47 Å². The van der Waals surface area contributed by atoms with Crippen molar-refractivity contribution in [3.8, 4) is 5.75 Å². The van der Waals surface area contributed by atoms with Crippen LogP contribution in [0.1, 0.15) is 45.2 Å². The number of methoxy groups -OCH3 is 1. The van der Waals surface area contributed by atoms with Gasteiger partial charge in [0.1, 0.15) is 5.75 Å². The largest absolute Gasteiger partial charge is 0.490 e. The first-order valence-corrected chi connectivity index (χ1v) is 6.97. The second-order valence-corrected chi connectivity index (χ2v) is 6.43. The maximum atomic E-state index is 6.33. The van der Waals surface area contributed by atoms with Gasteiger partial charge in [-0.2, -0.15) is 0 Å². The van der Waals surface area contributed by atoms with Gasteiger partial charge in [0.2, 0.25) is 0 Å². The molecule has 1 aliphatic rings. The number of ether oxygens (including phenoxy) is 2. The minimum Gasteiger partial charge on any atom is -0.490 e. The van der Waals surface area contributed by atoms with Gasteiger partial charge in [0.05, 0.1) is 18.2 Å². The van der Waals surface area contributed by atoms with Crippen LogP contribution >= 0.6 is 0 Å². The molecule has 2 N–H and O–H groups in total. The van der Waals surface area contributed by atoms with Crippen molar-refractivity contribution >= 4 is 0 Å². The molecule has 0 saturated heterocycles. The summed E-state index contributed by atoms with van der Waals surface area (Å²) >= 11 is 0. The smallest absolute Gasteiger partial charge is 0.119 e. The van der Waals surface area contributed by atoms with Gasteiger partial charge in [-0.15, -0.1) is 0 Å². The van der Waals surface area contributed by atoms with E-state index in [1.165, 1.54) is 12.8 Å². The van der Waals surface area contributed by atoms with Crippen molar-refractivity contribution in [3.05, 3.63) is 29.8 Å². The lowest BCUT2D eigenvalue weighted by atomic mass is 9.82. The van der Waals surface area contributed by atoms with Crippen molar-refractivity contribution in [2.75, 3.05) is 7.11 Å². The van der Waals surface area contributed by atoms with E-state index < -0.39 is 0 Å². The van der Waals surface area contributed by atoms with Crippen molar-refractivity contribution in [2.45, 2.75) is 51.9 Å². The van der Waals surface area contributed by atoms with Crippen LogP contribution < -0.4 is 10.5 Å². The molecule has 2 unspecified atom stereocenters. The lowest BCUT2D eigenvalue weighted by Crippen LogP contribution is -2.38. The zero-order valence-corrected chi connectivity index (χ0v) is 12.3. The van der Waals surface area contributed by atoms with Crippen LogP contribution in [0.15, 0.2) is 24.3 Å². The number of nitrogens with two attached hydrogens (primary N) is 1. The summed E-state index contributed by atoms with van der Waals surface area (Å²) < 4.78 is 11.3. The second-order valence-electron chi connectivity index (χ2n) is 6.43. The minimum absolute atomic E-state index is 0.0113. The maximum absolute atomic E-state index is 6.33. The van der Waals surface area contributed by atoms with E-state index in [-0.39, 0.29) is 17.6 Å². The quantitative estimate of drug-likeness (QED) is 0.886. The molecule has 0 aromatic heterocycles. The predicted molar refractivity (Wildman–Crippen MR) is 77.3 cm³/mol. The highest BCUT2D eigenvalue weighted by Gasteiger charge is 2.31. The summed E-state index contributed by atoms with van der Waals surface area (Å²) in [5, 5.41) is 0. The first-order chi connectivity index (χ1) is 8.91. The molecule has 1 fully saturated rings. The van der Waals surface area contributed by atoms with E-state index >= 15 is 0 Å². The summed E-state index contributed by atoms with van der Waals surface area (Å²) in [6.45, 7) is 6.43. The Kier molecular flexibility index (Phi) is 4.16. The molecular weight excluding hydrogens is 238 g/mol. The summed E-state index contributed by atoms with van der Waals surface area (Å²) in [6.07, 6.45) is 2.78. The van der Waals surface area contributed by atoms with Gasteiger partial charge in [-0.25, -0.2) is 0 Å². The van der Waals surface area contributed by atoms with Gasteiger partial charge in [-0.05, 0) is 36.0 Å². The fraction of sp³-hybridized carbons (Fsp3) is 0.625. The molecule has 0 amide bonds. The molecule has 0 bridgehead atoms. The average Bonchev–Trinajstić information content (AvgIpc) is 3.13. The van der Waals surface area contributed by atoms with Crippen molar-refractivity contribution in [3.63, 3.8) is 0 Å². The molecule has 1 saturated carbocycles. The van der Waals surface area contributed by atoms with Crippen LogP contribution in [0.25, 0.3) is 0 Å². The highest BCUT2D eigenvalue weighted by Crippen LogP contribution is 2.32. The minimum atomic E-state index is -0.125. The van der Waals surface area contributed by atoms with E-state index in [9.17, 15) is 0 Å². The molecule has 3 nitrogen and oxygen atoms in total. The zero-order valence-electron chi connectivity index (χ0n) is 12.3. The monoisotopic (exact) mass is 263 g/mol. The van der Waals surface area contributed by atoms with Crippen LogP contribution in [-0.4, -0.2) is 19.3 Å². The lowest BCUT2D eigenvalue weighted by Gasteiger charge is -2.34. The Labute approximate surface area is 116 Å². The molecule has 1 aliphatic carbocycles. The summed E-state index contributed by atoms with van der Waals surface area (Å²) in [5.41, 5.74) is 7.43. The summed E-state index contributed by atoms with van der Waals surface area (Å²) in [7, 11) is 1.72. The van der Waals surface area contributed by atoms with Crippen LogP contribution in [0.4, 0.5) is 0 Å². The molecular formula is C16H25NO2. The second kappa shape index (κ2) is 5.51. The number of hydrogen-bond donors (Lipinski definition) is 1. The molecule has 0 heterocycles. The molecule has 106 valence electrons. The van der Waals surface area contributed by atoms with Crippen LogP contribution in [0.2, 0.25) is 0 Å². The molecule has 1 aromatic carbocycles. The van der Waals surface area contributed by atoms with Gasteiger partial charge in [0, 0.05) is 7.11 Å².